The third-order valence-corrected chi connectivity index (χ3v) is 6.02. The fraction of sp³-hybridized carbons (Fsp3) is 0.947. The van der Waals surface area contributed by atoms with Crippen molar-refractivity contribution in [2.24, 2.45) is 5.92 Å². The van der Waals surface area contributed by atoms with Gasteiger partial charge in [-0.1, -0.05) is 0 Å². The number of nitrogens with one attached hydrogen (secondary N) is 1. The number of hydrogen-bond acceptors (Lipinski definition) is 5. The first kappa shape index (κ1) is 19.1. The average molecular weight is 353 g/mol. The maximum absolute atomic E-state index is 12.4. The smallest absolute Gasteiger partial charge is 0.222 e. The van der Waals surface area contributed by atoms with Crippen molar-refractivity contribution in [2.75, 3.05) is 65.5 Å². The highest BCUT2D eigenvalue weighted by Crippen LogP contribution is 2.16. The maximum atomic E-state index is 12.4. The molecule has 0 aliphatic carbocycles. The summed E-state index contributed by atoms with van der Waals surface area (Å²) in [6, 6.07) is 0.593. The van der Waals surface area contributed by atoms with Crippen LogP contribution in [0.4, 0.5) is 0 Å². The molecule has 3 aliphatic rings. The zero-order valence-corrected chi connectivity index (χ0v) is 16.1. The molecular weight excluding hydrogens is 316 g/mol. The van der Waals surface area contributed by atoms with Crippen molar-refractivity contribution in [3.63, 3.8) is 0 Å². The Hall–Kier alpha value is -0.690. The normalized spacial score (nSPS) is 29.5. The fourth-order valence-corrected chi connectivity index (χ4v) is 4.24. The van der Waals surface area contributed by atoms with Crippen molar-refractivity contribution in [2.45, 2.75) is 45.3 Å². The number of morpholine rings is 1. The molecule has 2 unspecified atom stereocenters. The van der Waals surface area contributed by atoms with E-state index >= 15 is 0 Å². The van der Waals surface area contributed by atoms with Gasteiger partial charge in [-0.3, -0.25) is 14.6 Å². The molecule has 0 aromatic carbocycles. The predicted octanol–water partition coefficient (Wildman–Crippen LogP) is 0.630. The van der Waals surface area contributed by atoms with E-state index in [2.05, 4.69) is 33.9 Å². The molecule has 3 fully saturated rings. The van der Waals surface area contributed by atoms with E-state index in [0.717, 1.165) is 78.4 Å². The maximum Gasteiger partial charge on any atom is 0.222 e. The Balaban J connectivity index is 1.34. The number of carbonyl (C=O) groups excluding carboxylic acids is 1. The van der Waals surface area contributed by atoms with Gasteiger partial charge in [0, 0.05) is 58.3 Å². The van der Waals surface area contributed by atoms with E-state index in [1.807, 2.05) is 0 Å². The SMILES string of the molecule is CC(C)N1CCOC(CN2CCN(C(=O)CCC3CCNC3)CC2)C1. The molecular formula is C19H36N4O2. The first-order valence-corrected chi connectivity index (χ1v) is 10.2. The van der Waals surface area contributed by atoms with Crippen molar-refractivity contribution >= 4 is 5.91 Å². The van der Waals surface area contributed by atoms with Crippen LogP contribution in [0.5, 0.6) is 0 Å². The Morgan fingerprint density at radius 2 is 2.00 bits per heavy atom. The lowest BCUT2D eigenvalue weighted by Gasteiger charge is -2.40. The number of amides is 1. The Morgan fingerprint density at radius 3 is 2.68 bits per heavy atom. The molecule has 1 N–H and O–H groups in total. The number of hydrogen-bond donors (Lipinski definition) is 1. The topological polar surface area (TPSA) is 48.1 Å². The zero-order chi connectivity index (χ0) is 17.6. The van der Waals surface area contributed by atoms with E-state index < -0.39 is 0 Å². The molecule has 3 rings (SSSR count). The van der Waals surface area contributed by atoms with Crippen LogP contribution in [0.15, 0.2) is 0 Å². The third kappa shape index (κ3) is 5.64. The van der Waals surface area contributed by atoms with Crippen LogP contribution in [0.3, 0.4) is 0 Å². The number of carbonyl (C=O) groups is 1. The Morgan fingerprint density at radius 1 is 1.20 bits per heavy atom. The van der Waals surface area contributed by atoms with Gasteiger partial charge in [-0.15, -0.1) is 0 Å². The summed E-state index contributed by atoms with van der Waals surface area (Å²) in [5.74, 6) is 1.06. The monoisotopic (exact) mass is 352 g/mol. The van der Waals surface area contributed by atoms with Gasteiger partial charge < -0.3 is 15.0 Å². The Labute approximate surface area is 152 Å². The molecule has 2 atom stereocenters. The largest absolute Gasteiger partial charge is 0.374 e. The molecule has 0 aromatic rings. The fourth-order valence-electron chi connectivity index (χ4n) is 4.24. The highest BCUT2D eigenvalue weighted by molar-refractivity contribution is 5.76. The molecule has 0 spiro atoms. The van der Waals surface area contributed by atoms with Gasteiger partial charge in [-0.05, 0) is 45.7 Å². The summed E-state index contributed by atoms with van der Waals surface area (Å²) in [7, 11) is 0. The quantitative estimate of drug-likeness (QED) is 0.760. The third-order valence-electron chi connectivity index (χ3n) is 6.02. The summed E-state index contributed by atoms with van der Waals surface area (Å²) < 4.78 is 5.96. The van der Waals surface area contributed by atoms with Crippen molar-refractivity contribution in [1.82, 2.24) is 20.0 Å². The molecule has 0 aromatic heterocycles. The number of nitrogens with zero attached hydrogens (tertiary/aromatic N) is 3. The second kappa shape index (κ2) is 9.31. The molecule has 0 bridgehead atoms. The van der Waals surface area contributed by atoms with Gasteiger partial charge >= 0.3 is 0 Å². The Bertz CT molecular complexity index is 418. The molecule has 0 saturated carbocycles. The van der Waals surface area contributed by atoms with Crippen LogP contribution in [0.25, 0.3) is 0 Å². The van der Waals surface area contributed by atoms with Gasteiger partial charge in [0.25, 0.3) is 0 Å². The first-order valence-electron chi connectivity index (χ1n) is 10.2. The van der Waals surface area contributed by atoms with Crippen LogP contribution in [-0.4, -0.2) is 98.3 Å². The van der Waals surface area contributed by atoms with Crippen LogP contribution in [0, 0.1) is 5.92 Å². The van der Waals surface area contributed by atoms with Gasteiger partial charge in [-0.25, -0.2) is 0 Å². The van der Waals surface area contributed by atoms with Crippen LogP contribution in [0.1, 0.15) is 33.1 Å². The van der Waals surface area contributed by atoms with Crippen LogP contribution < -0.4 is 5.32 Å². The number of ether oxygens (including phenoxy) is 1. The van der Waals surface area contributed by atoms with E-state index in [4.69, 9.17) is 4.74 Å². The molecule has 3 aliphatic heterocycles. The van der Waals surface area contributed by atoms with Gasteiger partial charge in [-0.2, -0.15) is 0 Å². The zero-order valence-electron chi connectivity index (χ0n) is 16.1. The summed E-state index contributed by atoms with van der Waals surface area (Å²) in [6.45, 7) is 14.4. The van der Waals surface area contributed by atoms with E-state index in [-0.39, 0.29) is 0 Å². The average Bonchev–Trinajstić information content (AvgIpc) is 3.14. The van der Waals surface area contributed by atoms with Crippen molar-refractivity contribution in [3.8, 4) is 0 Å². The van der Waals surface area contributed by atoms with Crippen molar-refractivity contribution < 1.29 is 9.53 Å². The minimum atomic E-state index is 0.313. The standard InChI is InChI=1S/C19H36N4O2/c1-16(2)23-11-12-25-18(15-23)14-21-7-9-22(10-8-21)19(24)4-3-17-5-6-20-13-17/h16-18,20H,3-15H2,1-2H3. The second-order valence-corrected chi connectivity index (χ2v) is 8.16. The lowest BCUT2D eigenvalue weighted by molar-refractivity contribution is -0.133. The summed E-state index contributed by atoms with van der Waals surface area (Å²) in [5, 5.41) is 3.38. The van der Waals surface area contributed by atoms with Crippen LogP contribution >= 0.6 is 0 Å². The van der Waals surface area contributed by atoms with E-state index in [1.54, 1.807) is 0 Å². The molecule has 6 heteroatoms. The number of piperazine rings is 1. The summed E-state index contributed by atoms with van der Waals surface area (Å²) in [6.07, 6.45) is 3.32. The second-order valence-electron chi connectivity index (χ2n) is 8.16. The van der Waals surface area contributed by atoms with E-state index in [1.165, 1.54) is 6.42 Å². The van der Waals surface area contributed by atoms with Gasteiger partial charge in [0.05, 0.1) is 12.7 Å². The molecule has 6 nitrogen and oxygen atoms in total. The van der Waals surface area contributed by atoms with E-state index in [0.29, 0.717) is 24.0 Å². The molecule has 3 heterocycles. The lowest BCUT2D eigenvalue weighted by atomic mass is 10.0. The molecule has 1 amide bonds. The number of rotatable bonds is 6. The van der Waals surface area contributed by atoms with Crippen LogP contribution in [0.2, 0.25) is 0 Å². The van der Waals surface area contributed by atoms with E-state index in [9.17, 15) is 4.79 Å². The summed E-state index contributed by atoms with van der Waals surface area (Å²) in [4.78, 5) is 19.5. The molecule has 25 heavy (non-hydrogen) atoms. The summed E-state index contributed by atoms with van der Waals surface area (Å²) in [5.41, 5.74) is 0. The van der Waals surface area contributed by atoms with Gasteiger partial charge in [0.15, 0.2) is 0 Å². The van der Waals surface area contributed by atoms with Crippen molar-refractivity contribution in [1.29, 1.82) is 0 Å². The lowest BCUT2D eigenvalue weighted by Crippen LogP contribution is -2.54. The van der Waals surface area contributed by atoms with Crippen molar-refractivity contribution in [3.05, 3.63) is 0 Å². The molecule has 0 radical (unpaired) electrons. The highest BCUT2D eigenvalue weighted by Gasteiger charge is 2.27. The first-order chi connectivity index (χ1) is 12.1. The molecule has 3 saturated heterocycles. The minimum absolute atomic E-state index is 0.313. The summed E-state index contributed by atoms with van der Waals surface area (Å²) >= 11 is 0. The van der Waals surface area contributed by atoms with Crippen LogP contribution in [-0.2, 0) is 9.53 Å². The Kier molecular flexibility index (Phi) is 7.10. The van der Waals surface area contributed by atoms with Gasteiger partial charge in [0.1, 0.15) is 0 Å². The predicted molar refractivity (Wildman–Crippen MR) is 99.7 cm³/mol. The highest BCUT2D eigenvalue weighted by atomic mass is 16.5. The van der Waals surface area contributed by atoms with Gasteiger partial charge in [0.2, 0.25) is 5.91 Å². The minimum Gasteiger partial charge on any atom is -0.374 e. The molecule has 144 valence electrons.